The van der Waals surface area contributed by atoms with Crippen molar-refractivity contribution in [2.45, 2.75) is 58.4 Å². The maximum absolute atomic E-state index is 12.6. The fourth-order valence-electron chi connectivity index (χ4n) is 6.63. The number of amides is 1. The van der Waals surface area contributed by atoms with E-state index in [2.05, 4.69) is 17.2 Å². The van der Waals surface area contributed by atoms with E-state index in [1.807, 2.05) is 30.3 Å². The Bertz CT molecular complexity index is 949. The summed E-state index contributed by atoms with van der Waals surface area (Å²) in [6, 6.07) is 9.89. The van der Waals surface area contributed by atoms with E-state index in [0.29, 0.717) is 10.6 Å². The lowest BCUT2D eigenvalue weighted by Gasteiger charge is -2.59. The predicted molar refractivity (Wildman–Crippen MR) is 121 cm³/mol. The Labute approximate surface area is 187 Å². The quantitative estimate of drug-likeness (QED) is 0.645. The summed E-state index contributed by atoms with van der Waals surface area (Å²) < 4.78 is 5.36. The van der Waals surface area contributed by atoms with Crippen LogP contribution in [-0.4, -0.2) is 29.5 Å². The number of aromatic nitrogens is 1. The van der Waals surface area contributed by atoms with Gasteiger partial charge in [-0.2, -0.15) is 0 Å². The Morgan fingerprint density at radius 3 is 2.35 bits per heavy atom. The molecular weight excluding hydrogens is 408 g/mol. The lowest BCUT2D eigenvalue weighted by Crippen LogP contribution is -2.56. The molecule has 6 heteroatoms. The summed E-state index contributed by atoms with van der Waals surface area (Å²) in [6.07, 6.45) is 7.87. The van der Waals surface area contributed by atoms with Gasteiger partial charge in [-0.05, 0) is 75.5 Å². The van der Waals surface area contributed by atoms with Crippen LogP contribution in [0.2, 0.25) is 0 Å². The van der Waals surface area contributed by atoms with Crippen LogP contribution in [0.1, 0.15) is 60.8 Å². The molecule has 1 amide bonds. The molecule has 1 heterocycles. The standard InChI is InChI=1S/C25H30N2O3S/c1-15-22(31-23(26-15)20-6-4-3-5-7-20)24(29)30-14-21(28)27-16(2)25-11-17-8-18(12-25)10-19(9-17)13-25/h3-7,16-19H,8-14H2,1-2H3,(H,27,28). The molecule has 0 saturated heterocycles. The van der Waals surface area contributed by atoms with E-state index in [1.165, 1.54) is 49.9 Å². The minimum atomic E-state index is -0.477. The summed E-state index contributed by atoms with van der Waals surface area (Å²) in [5.41, 5.74) is 1.85. The average Bonchev–Trinajstić information content (AvgIpc) is 3.13. The van der Waals surface area contributed by atoms with Crippen LogP contribution >= 0.6 is 11.3 Å². The summed E-state index contributed by atoms with van der Waals surface area (Å²) in [5, 5.41) is 3.94. The van der Waals surface area contributed by atoms with Crippen molar-refractivity contribution in [3.63, 3.8) is 0 Å². The molecular formula is C25H30N2O3S. The third-order valence-corrected chi connectivity index (χ3v) is 8.91. The van der Waals surface area contributed by atoms with Crippen molar-refractivity contribution in [3.8, 4) is 10.6 Å². The van der Waals surface area contributed by atoms with E-state index in [9.17, 15) is 9.59 Å². The van der Waals surface area contributed by atoms with Gasteiger partial charge in [-0.3, -0.25) is 4.79 Å². The normalized spacial score (nSPS) is 29.5. The Morgan fingerprint density at radius 1 is 1.13 bits per heavy atom. The summed E-state index contributed by atoms with van der Waals surface area (Å²) in [4.78, 5) is 30.1. The van der Waals surface area contributed by atoms with Crippen molar-refractivity contribution in [2.75, 3.05) is 6.61 Å². The second-order valence-electron chi connectivity index (χ2n) is 9.94. The van der Waals surface area contributed by atoms with Gasteiger partial charge in [-0.15, -0.1) is 11.3 Å². The molecule has 1 N–H and O–H groups in total. The number of nitrogens with zero attached hydrogens (tertiary/aromatic N) is 1. The molecule has 31 heavy (non-hydrogen) atoms. The molecule has 6 rings (SSSR count). The predicted octanol–water partition coefficient (Wildman–Crippen LogP) is 5.00. The zero-order valence-electron chi connectivity index (χ0n) is 18.2. The van der Waals surface area contributed by atoms with E-state index < -0.39 is 5.97 Å². The maximum Gasteiger partial charge on any atom is 0.350 e. The van der Waals surface area contributed by atoms with Crippen molar-refractivity contribution >= 4 is 23.2 Å². The van der Waals surface area contributed by atoms with Crippen LogP contribution in [0, 0.1) is 30.1 Å². The first-order chi connectivity index (χ1) is 14.9. The summed E-state index contributed by atoms with van der Waals surface area (Å²) in [6.45, 7) is 3.70. The Kier molecular flexibility index (Phi) is 5.37. The van der Waals surface area contributed by atoms with Crippen molar-refractivity contribution in [1.29, 1.82) is 0 Å². The summed E-state index contributed by atoms with van der Waals surface area (Å²) >= 11 is 1.31. The molecule has 5 nitrogen and oxygen atoms in total. The van der Waals surface area contributed by atoms with E-state index >= 15 is 0 Å². The molecule has 2 aromatic rings. The first kappa shape index (κ1) is 20.7. The second kappa shape index (κ2) is 8.05. The number of carbonyl (C=O) groups excluding carboxylic acids is 2. The van der Waals surface area contributed by atoms with Crippen molar-refractivity contribution in [1.82, 2.24) is 10.3 Å². The number of aryl methyl sites for hydroxylation is 1. The van der Waals surface area contributed by atoms with Crippen LogP contribution in [0.4, 0.5) is 0 Å². The molecule has 164 valence electrons. The molecule has 4 fully saturated rings. The number of esters is 1. The topological polar surface area (TPSA) is 68.3 Å². The van der Waals surface area contributed by atoms with Crippen LogP contribution in [0.15, 0.2) is 30.3 Å². The van der Waals surface area contributed by atoms with Crippen molar-refractivity contribution in [3.05, 3.63) is 40.9 Å². The number of hydrogen-bond donors (Lipinski definition) is 1. The monoisotopic (exact) mass is 438 g/mol. The number of nitrogens with one attached hydrogen (secondary N) is 1. The van der Waals surface area contributed by atoms with Gasteiger partial charge in [0.25, 0.3) is 5.91 Å². The zero-order valence-corrected chi connectivity index (χ0v) is 19.0. The SMILES string of the molecule is Cc1nc(-c2ccccc2)sc1C(=O)OCC(=O)NC(C)C12CC3CC(CC(C3)C1)C2. The van der Waals surface area contributed by atoms with Gasteiger partial charge in [0, 0.05) is 11.6 Å². The van der Waals surface area contributed by atoms with Gasteiger partial charge in [-0.25, -0.2) is 9.78 Å². The highest BCUT2D eigenvalue weighted by molar-refractivity contribution is 7.17. The smallest absolute Gasteiger partial charge is 0.350 e. The molecule has 0 spiro atoms. The van der Waals surface area contributed by atoms with Crippen molar-refractivity contribution < 1.29 is 14.3 Å². The lowest BCUT2D eigenvalue weighted by molar-refractivity contribution is -0.128. The zero-order chi connectivity index (χ0) is 21.6. The highest BCUT2D eigenvalue weighted by Gasteiger charge is 2.53. The van der Waals surface area contributed by atoms with E-state index in [0.717, 1.165) is 28.3 Å². The van der Waals surface area contributed by atoms with Gasteiger partial charge < -0.3 is 10.1 Å². The van der Waals surface area contributed by atoms with Crippen molar-refractivity contribution in [2.24, 2.45) is 23.2 Å². The molecule has 4 aliphatic carbocycles. The first-order valence-electron chi connectivity index (χ1n) is 11.4. The van der Waals surface area contributed by atoms with Crippen LogP contribution in [0.5, 0.6) is 0 Å². The van der Waals surface area contributed by atoms with Gasteiger partial charge in [0.05, 0.1) is 5.69 Å². The lowest BCUT2D eigenvalue weighted by atomic mass is 9.48. The number of thiazole rings is 1. The molecule has 1 aromatic heterocycles. The number of hydrogen-bond acceptors (Lipinski definition) is 5. The maximum atomic E-state index is 12.6. The molecule has 0 aliphatic heterocycles. The van der Waals surface area contributed by atoms with Crippen LogP contribution in [0.25, 0.3) is 10.6 Å². The summed E-state index contributed by atoms with van der Waals surface area (Å²) in [5.74, 6) is 1.85. The van der Waals surface area contributed by atoms with Gasteiger partial charge >= 0.3 is 5.97 Å². The Morgan fingerprint density at radius 2 is 1.74 bits per heavy atom. The van der Waals surface area contributed by atoms with E-state index in [1.54, 1.807) is 6.92 Å². The number of benzene rings is 1. The van der Waals surface area contributed by atoms with Gasteiger partial charge in [0.15, 0.2) is 6.61 Å². The average molecular weight is 439 g/mol. The molecule has 4 bridgehead atoms. The van der Waals surface area contributed by atoms with E-state index in [4.69, 9.17) is 4.74 Å². The molecule has 0 radical (unpaired) electrons. The van der Waals surface area contributed by atoms with Gasteiger partial charge in [0.1, 0.15) is 9.88 Å². The second-order valence-corrected chi connectivity index (χ2v) is 10.9. The highest BCUT2D eigenvalue weighted by atomic mass is 32.1. The molecule has 1 atom stereocenters. The minimum absolute atomic E-state index is 0.127. The fourth-order valence-corrected chi connectivity index (χ4v) is 7.60. The minimum Gasteiger partial charge on any atom is -0.451 e. The molecule has 4 saturated carbocycles. The largest absolute Gasteiger partial charge is 0.451 e. The van der Waals surface area contributed by atoms with Gasteiger partial charge in [0.2, 0.25) is 0 Å². The third kappa shape index (κ3) is 4.02. The van der Waals surface area contributed by atoms with Crippen LogP contribution in [-0.2, 0) is 9.53 Å². The Hall–Kier alpha value is -2.21. The van der Waals surface area contributed by atoms with E-state index in [-0.39, 0.29) is 24.0 Å². The third-order valence-electron chi connectivity index (χ3n) is 7.72. The molecule has 1 unspecified atom stereocenters. The number of rotatable bonds is 6. The van der Waals surface area contributed by atoms with Gasteiger partial charge in [-0.1, -0.05) is 30.3 Å². The molecule has 1 aromatic carbocycles. The first-order valence-corrected chi connectivity index (χ1v) is 12.2. The highest BCUT2D eigenvalue weighted by Crippen LogP contribution is 2.61. The Balaban J connectivity index is 1.18. The fraction of sp³-hybridized carbons (Fsp3) is 0.560. The number of carbonyl (C=O) groups is 2. The molecule has 4 aliphatic rings. The van der Waals surface area contributed by atoms with Crippen LogP contribution < -0.4 is 5.32 Å². The number of ether oxygens (including phenoxy) is 1. The van der Waals surface area contributed by atoms with Crippen LogP contribution in [0.3, 0.4) is 0 Å². The summed E-state index contributed by atoms with van der Waals surface area (Å²) in [7, 11) is 0.